The van der Waals surface area contributed by atoms with Crippen LogP contribution in [-0.4, -0.2) is 70.1 Å². The van der Waals surface area contributed by atoms with E-state index in [1.807, 2.05) is 20.8 Å². The molecule has 1 saturated heterocycles. The predicted molar refractivity (Wildman–Crippen MR) is 119 cm³/mol. The molecule has 0 amide bonds. The van der Waals surface area contributed by atoms with Crippen molar-refractivity contribution in [3.05, 3.63) is 42.2 Å². The first-order valence-corrected chi connectivity index (χ1v) is 10.4. The zero-order valence-corrected chi connectivity index (χ0v) is 17.9. The fourth-order valence-electron chi connectivity index (χ4n) is 3.82. The van der Waals surface area contributed by atoms with Crippen molar-refractivity contribution < 1.29 is 9.90 Å². The average Bonchev–Trinajstić information content (AvgIpc) is 3.16. The molecule has 0 unspecified atom stereocenters. The summed E-state index contributed by atoms with van der Waals surface area (Å²) in [5, 5.41) is 9.09. The Morgan fingerprint density at radius 3 is 2.47 bits per heavy atom. The summed E-state index contributed by atoms with van der Waals surface area (Å²) in [4.78, 5) is 29.7. The normalized spacial score (nSPS) is 15.7. The van der Waals surface area contributed by atoms with Gasteiger partial charge in [-0.25, -0.2) is 9.97 Å². The largest absolute Gasteiger partial charge is 0.395 e. The molecule has 0 saturated carbocycles. The maximum Gasteiger partial charge on any atom is 0.171 e. The standard InChI is InChI=1S/C23H29N5O2/c1-23(2,3)21(30)18-14-24-22-20(18)26-19(15-25-22)16-4-6-17(7-5-16)28-10-8-27(9-11-28)12-13-29/h4-7,14-15,29H,8-13H2,1-3H3,(H,24,25). The quantitative estimate of drug-likeness (QED) is 0.633. The highest BCUT2D eigenvalue weighted by Crippen LogP contribution is 2.28. The third kappa shape index (κ3) is 4.08. The van der Waals surface area contributed by atoms with Gasteiger partial charge in [-0.1, -0.05) is 32.9 Å². The Bertz CT molecular complexity index is 1030. The van der Waals surface area contributed by atoms with Crippen molar-refractivity contribution in [3.8, 4) is 11.3 Å². The number of aromatic nitrogens is 3. The Balaban J connectivity index is 1.55. The lowest BCUT2D eigenvalue weighted by molar-refractivity contribution is 0.0860. The van der Waals surface area contributed by atoms with E-state index in [2.05, 4.69) is 44.0 Å². The zero-order chi connectivity index (χ0) is 21.3. The van der Waals surface area contributed by atoms with Crippen molar-refractivity contribution in [2.75, 3.05) is 44.2 Å². The van der Waals surface area contributed by atoms with E-state index in [-0.39, 0.29) is 12.4 Å². The van der Waals surface area contributed by atoms with Gasteiger partial charge in [0.15, 0.2) is 11.4 Å². The molecule has 1 aliphatic heterocycles. The Morgan fingerprint density at radius 2 is 1.83 bits per heavy atom. The number of carbonyl (C=O) groups excluding carboxylic acids is 1. The van der Waals surface area contributed by atoms with Crippen LogP contribution in [0, 0.1) is 5.41 Å². The molecular weight excluding hydrogens is 378 g/mol. The van der Waals surface area contributed by atoms with Crippen molar-refractivity contribution in [2.45, 2.75) is 20.8 Å². The fourth-order valence-corrected chi connectivity index (χ4v) is 3.82. The molecule has 7 heteroatoms. The molecule has 1 aromatic carbocycles. The van der Waals surface area contributed by atoms with Gasteiger partial charge in [-0.2, -0.15) is 0 Å². The van der Waals surface area contributed by atoms with Crippen molar-refractivity contribution >= 4 is 22.6 Å². The second-order valence-electron chi connectivity index (χ2n) is 8.83. The lowest BCUT2D eigenvalue weighted by atomic mass is 9.87. The zero-order valence-electron chi connectivity index (χ0n) is 17.9. The van der Waals surface area contributed by atoms with Gasteiger partial charge in [0.2, 0.25) is 0 Å². The SMILES string of the molecule is CC(C)(C)C(=O)c1c[nH]c2ncc(-c3ccc(N4CCN(CCO)CC4)cc3)nc12. The Morgan fingerprint density at radius 1 is 1.13 bits per heavy atom. The summed E-state index contributed by atoms with van der Waals surface area (Å²) in [5.41, 5.74) is 4.27. The molecule has 2 aromatic heterocycles. The summed E-state index contributed by atoms with van der Waals surface area (Å²) in [6.07, 6.45) is 3.45. The van der Waals surface area contributed by atoms with Gasteiger partial charge >= 0.3 is 0 Å². The third-order valence-electron chi connectivity index (χ3n) is 5.62. The number of H-pyrrole nitrogens is 1. The van der Waals surface area contributed by atoms with Crippen LogP contribution in [0.3, 0.4) is 0 Å². The molecule has 1 fully saturated rings. The summed E-state index contributed by atoms with van der Waals surface area (Å²) >= 11 is 0. The minimum atomic E-state index is -0.477. The lowest BCUT2D eigenvalue weighted by Crippen LogP contribution is -2.47. The number of Topliss-reactive ketones (excluding diaryl/α,β-unsaturated/α-hetero) is 1. The van der Waals surface area contributed by atoms with E-state index in [9.17, 15) is 4.79 Å². The Kier molecular flexibility index (Phi) is 5.58. The summed E-state index contributed by atoms with van der Waals surface area (Å²) in [6, 6.07) is 8.34. The van der Waals surface area contributed by atoms with Crippen LogP contribution >= 0.6 is 0 Å². The van der Waals surface area contributed by atoms with Gasteiger partial charge in [0.1, 0.15) is 5.52 Å². The molecule has 0 radical (unpaired) electrons. The fraction of sp³-hybridized carbons (Fsp3) is 0.435. The number of hydrogen-bond donors (Lipinski definition) is 2. The third-order valence-corrected chi connectivity index (χ3v) is 5.62. The number of fused-ring (bicyclic) bond motifs is 1. The first-order valence-electron chi connectivity index (χ1n) is 10.4. The van der Waals surface area contributed by atoms with Crippen LogP contribution in [0.5, 0.6) is 0 Å². The second-order valence-corrected chi connectivity index (χ2v) is 8.83. The van der Waals surface area contributed by atoms with Crippen molar-refractivity contribution in [3.63, 3.8) is 0 Å². The van der Waals surface area contributed by atoms with E-state index in [0.717, 1.165) is 44.0 Å². The number of hydrogen-bond acceptors (Lipinski definition) is 6. The monoisotopic (exact) mass is 407 g/mol. The van der Waals surface area contributed by atoms with Crippen LogP contribution in [0.1, 0.15) is 31.1 Å². The number of benzene rings is 1. The minimum Gasteiger partial charge on any atom is -0.395 e. The average molecular weight is 408 g/mol. The first kappa shape index (κ1) is 20.5. The number of nitrogens with zero attached hydrogens (tertiary/aromatic N) is 4. The lowest BCUT2D eigenvalue weighted by Gasteiger charge is -2.35. The van der Waals surface area contributed by atoms with Gasteiger partial charge in [-0.3, -0.25) is 9.69 Å². The number of rotatable bonds is 5. The number of anilines is 1. The number of carbonyl (C=O) groups is 1. The number of nitrogens with one attached hydrogen (secondary N) is 1. The summed E-state index contributed by atoms with van der Waals surface area (Å²) in [6.45, 7) is 10.5. The molecule has 158 valence electrons. The molecule has 7 nitrogen and oxygen atoms in total. The van der Waals surface area contributed by atoms with Gasteiger partial charge in [-0.15, -0.1) is 0 Å². The minimum absolute atomic E-state index is 0.0517. The predicted octanol–water partition coefficient (Wildman–Crippen LogP) is 2.97. The maximum absolute atomic E-state index is 12.8. The number of ketones is 1. The van der Waals surface area contributed by atoms with E-state index in [0.29, 0.717) is 16.7 Å². The first-order chi connectivity index (χ1) is 14.4. The number of β-amino-alcohol motifs (C(OH)–C–C–N with tert-alkyl or cyclic N) is 1. The molecule has 0 bridgehead atoms. The van der Waals surface area contributed by atoms with Crippen LogP contribution in [0.2, 0.25) is 0 Å². The van der Waals surface area contributed by atoms with Crippen molar-refractivity contribution in [1.29, 1.82) is 0 Å². The van der Waals surface area contributed by atoms with Crippen LogP contribution in [0.15, 0.2) is 36.7 Å². The Hall–Kier alpha value is -2.77. The highest BCUT2D eigenvalue weighted by Gasteiger charge is 2.26. The van der Waals surface area contributed by atoms with Gasteiger partial charge in [-0.05, 0) is 12.1 Å². The number of aliphatic hydroxyl groups is 1. The molecule has 1 aliphatic rings. The highest BCUT2D eigenvalue weighted by molar-refractivity contribution is 6.08. The van der Waals surface area contributed by atoms with Crippen LogP contribution in [0.25, 0.3) is 22.4 Å². The molecule has 0 atom stereocenters. The van der Waals surface area contributed by atoms with Crippen molar-refractivity contribution in [2.24, 2.45) is 5.41 Å². The second kappa shape index (κ2) is 8.16. The highest BCUT2D eigenvalue weighted by atomic mass is 16.3. The van der Waals surface area contributed by atoms with Gasteiger partial charge in [0.05, 0.1) is 24.1 Å². The topological polar surface area (TPSA) is 85.4 Å². The van der Waals surface area contributed by atoms with Crippen LogP contribution < -0.4 is 4.90 Å². The molecular formula is C23H29N5O2. The molecule has 2 N–H and O–H groups in total. The number of piperazine rings is 1. The van der Waals surface area contributed by atoms with Gasteiger partial charge in [0, 0.05) is 55.6 Å². The molecule has 4 rings (SSSR count). The molecule has 0 aliphatic carbocycles. The smallest absolute Gasteiger partial charge is 0.171 e. The van der Waals surface area contributed by atoms with E-state index in [4.69, 9.17) is 10.1 Å². The summed E-state index contributed by atoms with van der Waals surface area (Å²) in [7, 11) is 0. The van der Waals surface area contributed by atoms with Crippen LogP contribution in [-0.2, 0) is 0 Å². The molecule has 3 heterocycles. The number of aromatic amines is 1. The molecule has 0 spiro atoms. The van der Waals surface area contributed by atoms with Gasteiger partial charge in [0.25, 0.3) is 0 Å². The van der Waals surface area contributed by atoms with Crippen LogP contribution in [0.4, 0.5) is 5.69 Å². The summed E-state index contributed by atoms with van der Waals surface area (Å²) in [5.74, 6) is 0.0517. The Labute approximate surface area is 176 Å². The van der Waals surface area contributed by atoms with E-state index >= 15 is 0 Å². The number of aliphatic hydroxyl groups excluding tert-OH is 1. The van der Waals surface area contributed by atoms with E-state index < -0.39 is 5.41 Å². The van der Waals surface area contributed by atoms with Gasteiger partial charge < -0.3 is 15.0 Å². The molecule has 3 aromatic rings. The van der Waals surface area contributed by atoms with E-state index in [1.165, 1.54) is 5.69 Å². The molecule has 30 heavy (non-hydrogen) atoms. The van der Waals surface area contributed by atoms with E-state index in [1.54, 1.807) is 12.4 Å². The summed E-state index contributed by atoms with van der Waals surface area (Å²) < 4.78 is 0. The maximum atomic E-state index is 12.8. The van der Waals surface area contributed by atoms with Crippen molar-refractivity contribution in [1.82, 2.24) is 19.9 Å².